The van der Waals surface area contributed by atoms with Gasteiger partial charge in [0, 0.05) is 25.0 Å². The number of aliphatic hydroxyl groups excluding tert-OH is 4. The van der Waals surface area contributed by atoms with E-state index in [0.29, 0.717) is 74.3 Å². The summed E-state index contributed by atoms with van der Waals surface area (Å²) in [5.74, 6) is -1.82. The molecule has 0 aromatic rings. The molecule has 0 unspecified atom stereocenters. The number of fused-ring (bicyclic) bond motifs is 10. The van der Waals surface area contributed by atoms with Crippen LogP contribution in [0.2, 0.25) is 0 Å². The summed E-state index contributed by atoms with van der Waals surface area (Å²) in [7, 11) is 0. The first kappa shape index (κ1) is 60.9. The maximum atomic E-state index is 12.6. The van der Waals surface area contributed by atoms with Gasteiger partial charge in [0.1, 0.15) is 12.2 Å². The van der Waals surface area contributed by atoms with Crippen molar-refractivity contribution in [1.29, 1.82) is 0 Å². The second kappa shape index (κ2) is 22.1. The summed E-state index contributed by atoms with van der Waals surface area (Å²) in [6.45, 7) is 28.9. The lowest BCUT2D eigenvalue weighted by atomic mass is 9.36. The molecule has 8 aliphatic carbocycles. The van der Waals surface area contributed by atoms with Crippen LogP contribution in [0.5, 0.6) is 0 Å². The summed E-state index contributed by atoms with van der Waals surface area (Å²) >= 11 is 0. The Balaban J connectivity index is 0.000000241. The molecule has 0 spiro atoms. The second-order valence-corrected chi connectivity index (χ2v) is 27.3. The number of carboxylic acid groups (broad SMARTS) is 2. The molecule has 20 atom stereocenters. The highest BCUT2D eigenvalue weighted by Crippen LogP contribution is 2.76. The molecule has 8 fully saturated rings. The first-order valence-electron chi connectivity index (χ1n) is 28.6. The molecule has 8 aliphatic rings. The average Bonchev–Trinajstić information content (AvgIpc) is 3.72. The zero-order chi connectivity index (χ0) is 55.0. The third kappa shape index (κ3) is 10.2. The van der Waals surface area contributed by atoms with Crippen LogP contribution in [0.25, 0.3) is 0 Å². The van der Waals surface area contributed by atoms with Gasteiger partial charge < -0.3 is 45.6 Å². The van der Waals surface area contributed by atoms with E-state index in [-0.39, 0.29) is 85.7 Å². The topological polar surface area (TPSA) is 240 Å². The van der Waals surface area contributed by atoms with Crippen LogP contribution in [-0.4, -0.2) is 96.6 Å². The highest BCUT2D eigenvalue weighted by molar-refractivity contribution is 5.89. The fourth-order valence-electron chi connectivity index (χ4n) is 19.6. The standard InChI is InChI=1S/2C31H48O6.H2O/c2*1-17(2)9-8-10-20(28(35)36)26-22-15-24(34)27-29(5)13-12-23(33)18(3)21(29)11-14-30(27,6)31(22,7)16-25(26)37-19(4)32;/h2*9,18,21-25,27,33-34H,8,10-16H2,1-7H3,(H,35,36);1H2/b2*26-20-;/t2*18-,21-,22-,23+,24+,25-,27-,29-,30-,31-;/m00./s1. The number of allylic oxidation sites excluding steroid dienone is 4. The zero-order valence-corrected chi connectivity index (χ0v) is 48.2. The molecule has 0 bridgehead atoms. The number of aliphatic hydroxyl groups is 4. The van der Waals surface area contributed by atoms with Crippen molar-refractivity contribution in [2.24, 2.45) is 79.8 Å². The Morgan fingerprint density at radius 3 is 1.15 bits per heavy atom. The van der Waals surface area contributed by atoms with Gasteiger partial charge in [-0.2, -0.15) is 0 Å². The van der Waals surface area contributed by atoms with Crippen molar-refractivity contribution in [2.75, 3.05) is 0 Å². The van der Waals surface area contributed by atoms with Gasteiger partial charge in [-0.05, 0) is 221 Å². The van der Waals surface area contributed by atoms with E-state index in [4.69, 9.17) is 9.47 Å². The van der Waals surface area contributed by atoms with Crippen LogP contribution < -0.4 is 0 Å². The summed E-state index contributed by atoms with van der Waals surface area (Å²) in [4.78, 5) is 49.7. The molecule has 0 aromatic carbocycles. The van der Waals surface area contributed by atoms with E-state index in [0.717, 1.165) is 73.7 Å². The van der Waals surface area contributed by atoms with Crippen LogP contribution in [0.15, 0.2) is 45.6 Å². The smallest absolute Gasteiger partial charge is 0.331 e. The molecule has 0 amide bonds. The van der Waals surface area contributed by atoms with Crippen molar-refractivity contribution in [3.05, 3.63) is 45.6 Å². The van der Waals surface area contributed by atoms with E-state index in [1.165, 1.54) is 13.8 Å². The van der Waals surface area contributed by atoms with Gasteiger partial charge >= 0.3 is 23.9 Å². The SMILES string of the molecule is CC(=O)O[C@H]1C[C@@]2(C)[C@@H](C[C@@H](O)[C@H]3[C@@]4(C)CC[C@@H](O)[C@@H](C)[C@@H]4CC[C@@]32C)/C1=C(\CCC=C(C)C)C(=O)O.CC(=O)O[C@H]1C[C@@]2(C)[C@@H](C[C@@H](O)[C@H]3[C@@]4(C)CC[C@@H](O)[C@@H](C)[C@@H]4CC[C@@]32C)/C1=C(\CCC=C(C)C)C(=O)O.O. The molecule has 13 nitrogen and oxygen atoms in total. The zero-order valence-electron chi connectivity index (χ0n) is 48.2. The number of rotatable bonds is 10. The lowest BCUT2D eigenvalue weighted by molar-refractivity contribution is -0.234. The normalized spacial score (nSPS) is 45.6. The Labute approximate surface area is 448 Å². The third-order valence-electron chi connectivity index (χ3n) is 23.1. The number of hydrogen-bond acceptors (Lipinski definition) is 10. The first-order valence-corrected chi connectivity index (χ1v) is 28.6. The molecule has 424 valence electrons. The number of carbonyl (C=O) groups is 4. The number of carboxylic acids is 2. The van der Waals surface area contributed by atoms with Crippen molar-refractivity contribution in [1.82, 2.24) is 0 Å². The minimum atomic E-state index is -0.953. The van der Waals surface area contributed by atoms with E-state index in [1.54, 1.807) is 0 Å². The lowest BCUT2D eigenvalue weighted by Gasteiger charge is -2.69. The van der Waals surface area contributed by atoms with E-state index < -0.39 is 48.3 Å². The lowest BCUT2D eigenvalue weighted by Crippen LogP contribution is -2.65. The highest BCUT2D eigenvalue weighted by atomic mass is 16.5. The van der Waals surface area contributed by atoms with Crippen LogP contribution in [-0.2, 0) is 28.7 Å². The minimum Gasteiger partial charge on any atom is -0.478 e. The van der Waals surface area contributed by atoms with Crippen LogP contribution >= 0.6 is 0 Å². The predicted octanol–water partition coefficient (Wildman–Crippen LogP) is 10.5. The van der Waals surface area contributed by atoms with Gasteiger partial charge in [0.25, 0.3) is 0 Å². The second-order valence-electron chi connectivity index (χ2n) is 27.3. The van der Waals surface area contributed by atoms with Crippen molar-refractivity contribution in [2.45, 2.75) is 236 Å². The van der Waals surface area contributed by atoms with Gasteiger partial charge in [-0.15, -0.1) is 0 Å². The first-order chi connectivity index (χ1) is 34.3. The number of esters is 2. The molecule has 0 heterocycles. The summed E-state index contributed by atoms with van der Waals surface area (Å²) in [6.07, 6.45) is 12.4. The van der Waals surface area contributed by atoms with Crippen molar-refractivity contribution in [3.63, 3.8) is 0 Å². The van der Waals surface area contributed by atoms with Gasteiger partial charge in [0.05, 0.1) is 24.4 Å². The number of ether oxygens (including phenoxy) is 2. The molecule has 0 aliphatic heterocycles. The van der Waals surface area contributed by atoms with Gasteiger partial charge in [-0.3, -0.25) is 9.59 Å². The van der Waals surface area contributed by atoms with Crippen LogP contribution in [0.4, 0.5) is 0 Å². The molecule has 0 saturated heterocycles. The maximum absolute atomic E-state index is 12.6. The molecular weight excluding hydrogens is 953 g/mol. The van der Waals surface area contributed by atoms with E-state index in [1.807, 2.05) is 39.8 Å². The number of aliphatic carboxylic acids is 2. The van der Waals surface area contributed by atoms with E-state index in [2.05, 4.69) is 55.4 Å². The molecule has 8 N–H and O–H groups in total. The minimum absolute atomic E-state index is 0. The Hall–Kier alpha value is -3.36. The van der Waals surface area contributed by atoms with E-state index >= 15 is 0 Å². The monoisotopic (exact) mass is 1050 g/mol. The Bertz CT molecular complexity index is 2150. The van der Waals surface area contributed by atoms with Gasteiger partial charge in [-0.25, -0.2) is 9.59 Å². The number of hydrogen-bond donors (Lipinski definition) is 6. The fourth-order valence-corrected chi connectivity index (χ4v) is 19.6. The largest absolute Gasteiger partial charge is 0.478 e. The Morgan fingerprint density at radius 2 is 0.853 bits per heavy atom. The van der Waals surface area contributed by atoms with Crippen molar-refractivity contribution >= 4 is 23.9 Å². The van der Waals surface area contributed by atoms with Crippen molar-refractivity contribution < 1.29 is 64.8 Å². The predicted molar refractivity (Wildman–Crippen MR) is 289 cm³/mol. The average molecular weight is 1050 g/mol. The van der Waals surface area contributed by atoms with Gasteiger partial charge in [-0.1, -0.05) is 78.7 Å². The molecule has 0 aromatic heterocycles. The Morgan fingerprint density at radius 1 is 0.520 bits per heavy atom. The van der Waals surface area contributed by atoms with Crippen LogP contribution in [0, 0.1) is 79.8 Å². The maximum Gasteiger partial charge on any atom is 0.331 e. The molecule has 8 saturated carbocycles. The van der Waals surface area contributed by atoms with Gasteiger partial charge in [0.15, 0.2) is 0 Å². The van der Waals surface area contributed by atoms with Gasteiger partial charge in [0.2, 0.25) is 0 Å². The summed E-state index contributed by atoms with van der Waals surface area (Å²) in [6, 6.07) is 0. The summed E-state index contributed by atoms with van der Waals surface area (Å²) in [5, 5.41) is 65.8. The molecule has 75 heavy (non-hydrogen) atoms. The van der Waals surface area contributed by atoms with Crippen molar-refractivity contribution in [3.8, 4) is 0 Å². The van der Waals surface area contributed by atoms with Crippen LogP contribution in [0.3, 0.4) is 0 Å². The quantitative estimate of drug-likeness (QED) is 0.0681. The van der Waals surface area contributed by atoms with Crippen LogP contribution in [0.1, 0.15) is 200 Å². The molecule has 0 radical (unpaired) electrons. The molecular formula is C62H98O13. The molecule has 8 rings (SSSR count). The fraction of sp³-hybridized carbons (Fsp3) is 0.806. The van der Waals surface area contributed by atoms with E-state index in [9.17, 15) is 49.8 Å². The molecule has 13 heteroatoms. The Kier molecular flexibility index (Phi) is 17.9. The third-order valence-corrected chi connectivity index (χ3v) is 23.1. The summed E-state index contributed by atoms with van der Waals surface area (Å²) in [5.41, 5.74) is 3.14. The highest BCUT2D eigenvalue weighted by Gasteiger charge is 2.73. The number of carbonyl (C=O) groups excluding carboxylic acids is 2. The summed E-state index contributed by atoms with van der Waals surface area (Å²) < 4.78 is 11.7.